The van der Waals surface area contributed by atoms with Crippen LogP contribution in [-0.2, 0) is 17.6 Å². The number of nitrogens with one attached hydrogen (secondary N) is 2. The molecular formula is C21H32N6O2S. The summed E-state index contributed by atoms with van der Waals surface area (Å²) in [7, 11) is 3.89. The van der Waals surface area contributed by atoms with Crippen LogP contribution in [0.1, 0.15) is 35.8 Å². The van der Waals surface area contributed by atoms with Gasteiger partial charge in [-0.3, -0.25) is 9.69 Å². The number of fused-ring (bicyclic) bond motifs is 2. The van der Waals surface area contributed by atoms with Gasteiger partial charge in [0.25, 0.3) is 0 Å². The van der Waals surface area contributed by atoms with Crippen molar-refractivity contribution < 1.29 is 9.59 Å². The van der Waals surface area contributed by atoms with E-state index in [1.54, 1.807) is 0 Å². The molecule has 0 saturated carbocycles. The second kappa shape index (κ2) is 9.77. The highest BCUT2D eigenvalue weighted by atomic mass is 32.1. The van der Waals surface area contributed by atoms with E-state index in [2.05, 4.69) is 16.7 Å². The molecule has 2 heterocycles. The molecule has 1 aliphatic heterocycles. The predicted octanol–water partition coefficient (Wildman–Crippen LogP) is 1.40. The van der Waals surface area contributed by atoms with E-state index in [-0.39, 0.29) is 23.8 Å². The third-order valence-electron chi connectivity index (χ3n) is 6.03. The second-order valence-corrected chi connectivity index (χ2v) is 9.63. The van der Waals surface area contributed by atoms with Crippen molar-refractivity contribution in [2.75, 3.05) is 46.0 Å². The first-order valence-electron chi connectivity index (χ1n) is 10.6. The van der Waals surface area contributed by atoms with E-state index in [1.807, 2.05) is 25.9 Å². The number of amides is 3. The Labute approximate surface area is 182 Å². The van der Waals surface area contributed by atoms with Crippen LogP contribution < -0.4 is 16.4 Å². The first-order chi connectivity index (χ1) is 14.3. The molecular weight excluding hydrogens is 400 g/mol. The average molecular weight is 433 g/mol. The normalized spacial score (nSPS) is 22.7. The number of nitrogens with zero attached hydrogens (tertiary/aromatic N) is 3. The highest BCUT2D eigenvalue weighted by molar-refractivity contribution is 7.16. The Bertz CT molecular complexity index is 830. The molecule has 164 valence electrons. The number of urea groups is 1. The highest BCUT2D eigenvalue weighted by Gasteiger charge is 2.40. The van der Waals surface area contributed by atoms with E-state index in [4.69, 9.17) is 5.73 Å². The Morgan fingerprint density at radius 1 is 1.33 bits per heavy atom. The lowest BCUT2D eigenvalue weighted by Gasteiger charge is -2.40. The van der Waals surface area contributed by atoms with Gasteiger partial charge >= 0.3 is 6.03 Å². The first kappa shape index (κ1) is 22.5. The maximum absolute atomic E-state index is 13.2. The molecule has 3 rings (SSSR count). The van der Waals surface area contributed by atoms with Crippen LogP contribution in [0.4, 0.5) is 9.80 Å². The summed E-state index contributed by atoms with van der Waals surface area (Å²) in [4.78, 5) is 30.4. The zero-order chi connectivity index (χ0) is 21.8. The highest BCUT2D eigenvalue weighted by Crippen LogP contribution is 2.40. The molecule has 3 amide bonds. The van der Waals surface area contributed by atoms with Crippen molar-refractivity contribution in [1.29, 1.82) is 5.26 Å². The number of nitriles is 1. The maximum Gasteiger partial charge on any atom is 0.324 e. The monoisotopic (exact) mass is 432 g/mol. The van der Waals surface area contributed by atoms with Crippen molar-refractivity contribution in [1.82, 2.24) is 20.4 Å². The number of anilines is 1. The van der Waals surface area contributed by atoms with E-state index in [9.17, 15) is 14.9 Å². The fourth-order valence-electron chi connectivity index (χ4n) is 4.46. The number of carbonyl (C=O) groups is 2. The minimum atomic E-state index is -0.311. The molecule has 8 nitrogen and oxygen atoms in total. The summed E-state index contributed by atoms with van der Waals surface area (Å²) in [6.45, 7) is 4.19. The van der Waals surface area contributed by atoms with Gasteiger partial charge in [0.15, 0.2) is 0 Å². The molecule has 0 spiro atoms. The number of nitrogen functional groups attached to an aromatic ring is 1. The van der Waals surface area contributed by atoms with Crippen molar-refractivity contribution in [3.63, 3.8) is 0 Å². The molecule has 0 radical (unpaired) electrons. The van der Waals surface area contributed by atoms with Crippen LogP contribution in [0.2, 0.25) is 0 Å². The third-order valence-corrected chi connectivity index (χ3v) is 7.11. The number of rotatable bonds is 6. The van der Waals surface area contributed by atoms with E-state index in [0.717, 1.165) is 37.8 Å². The summed E-state index contributed by atoms with van der Waals surface area (Å²) in [5.41, 5.74) is 7.69. The van der Waals surface area contributed by atoms with E-state index in [0.29, 0.717) is 36.2 Å². The van der Waals surface area contributed by atoms with Crippen LogP contribution in [0, 0.1) is 23.2 Å². The largest absolute Gasteiger partial charge is 0.389 e. The van der Waals surface area contributed by atoms with E-state index in [1.165, 1.54) is 21.1 Å². The lowest BCUT2D eigenvalue weighted by Crippen LogP contribution is -2.55. The molecule has 0 unspecified atom stereocenters. The van der Waals surface area contributed by atoms with Gasteiger partial charge in [-0.1, -0.05) is 6.92 Å². The first-order valence-corrected chi connectivity index (χ1v) is 11.4. The standard InChI is InChI=1S/C21H32N6O2S/c1-4-6-27(21(29)24-5-7-26(2)3)20(28)14-8-13-9-15-16(11-22)19(23)30-18(15)10-17(13)25-12-14/h13-14,17,25H,4-10,12,23H2,1-3H3,(H,24,29)/t13-,14-,17-/m1/s1. The Balaban J connectivity index is 1.67. The van der Waals surface area contributed by atoms with Crippen molar-refractivity contribution in [2.24, 2.45) is 11.8 Å². The van der Waals surface area contributed by atoms with Crippen LogP contribution in [0.15, 0.2) is 0 Å². The number of hydrogen-bond donors (Lipinski definition) is 3. The summed E-state index contributed by atoms with van der Waals surface area (Å²) in [5.74, 6) is -0.0802. The van der Waals surface area contributed by atoms with Gasteiger partial charge in [-0.15, -0.1) is 11.3 Å². The smallest absolute Gasteiger partial charge is 0.324 e. The van der Waals surface area contributed by atoms with Gasteiger partial charge in [0, 0.05) is 37.1 Å². The van der Waals surface area contributed by atoms with Crippen molar-refractivity contribution in [3.8, 4) is 6.07 Å². The van der Waals surface area contributed by atoms with Crippen LogP contribution in [0.25, 0.3) is 0 Å². The number of carbonyl (C=O) groups excluding carboxylic acids is 2. The van der Waals surface area contributed by atoms with Gasteiger partial charge < -0.3 is 21.3 Å². The number of imide groups is 1. The van der Waals surface area contributed by atoms with Crippen molar-refractivity contribution in [3.05, 3.63) is 16.0 Å². The van der Waals surface area contributed by atoms with Gasteiger partial charge in [0.05, 0.1) is 11.5 Å². The van der Waals surface area contributed by atoms with E-state index < -0.39 is 0 Å². The molecule has 2 aliphatic rings. The fraction of sp³-hybridized carbons (Fsp3) is 0.667. The molecule has 30 heavy (non-hydrogen) atoms. The molecule has 1 aliphatic carbocycles. The summed E-state index contributed by atoms with van der Waals surface area (Å²) in [6.07, 6.45) is 3.06. The third kappa shape index (κ3) is 4.77. The Hall–Kier alpha value is -2.15. The summed E-state index contributed by atoms with van der Waals surface area (Å²) in [5, 5.41) is 16.4. The van der Waals surface area contributed by atoms with Crippen molar-refractivity contribution in [2.45, 2.75) is 38.6 Å². The Morgan fingerprint density at radius 3 is 2.77 bits per heavy atom. The molecule has 1 fully saturated rings. The SMILES string of the molecule is CCCN(C(=O)NCCN(C)C)C(=O)[C@H]1CN[C@@H]2Cc3sc(N)c(C#N)c3C[C@H]2C1. The quantitative estimate of drug-likeness (QED) is 0.626. The second-order valence-electron chi connectivity index (χ2n) is 8.50. The number of thiophene rings is 1. The Kier molecular flexibility index (Phi) is 7.34. The molecule has 4 N–H and O–H groups in total. The zero-order valence-electron chi connectivity index (χ0n) is 18.0. The summed E-state index contributed by atoms with van der Waals surface area (Å²) in [6, 6.07) is 2.22. The zero-order valence-corrected chi connectivity index (χ0v) is 18.8. The maximum atomic E-state index is 13.2. The number of piperidine rings is 1. The number of likely N-dealkylation sites (N-methyl/N-ethyl adjacent to an activating group) is 1. The van der Waals surface area contributed by atoms with Gasteiger partial charge in [-0.25, -0.2) is 4.79 Å². The van der Waals surface area contributed by atoms with E-state index >= 15 is 0 Å². The lowest BCUT2D eigenvalue weighted by atomic mass is 9.75. The predicted molar refractivity (Wildman–Crippen MR) is 118 cm³/mol. The minimum Gasteiger partial charge on any atom is -0.389 e. The van der Waals surface area contributed by atoms with Crippen LogP contribution in [0.3, 0.4) is 0 Å². The van der Waals surface area contributed by atoms with Crippen LogP contribution >= 0.6 is 11.3 Å². The summed E-state index contributed by atoms with van der Waals surface area (Å²) < 4.78 is 0. The van der Waals surface area contributed by atoms with Crippen LogP contribution in [-0.4, -0.2) is 68.1 Å². The minimum absolute atomic E-state index is 0.110. The fourth-order valence-corrected chi connectivity index (χ4v) is 5.57. The molecule has 1 saturated heterocycles. The molecule has 0 bridgehead atoms. The van der Waals surface area contributed by atoms with Crippen LogP contribution in [0.5, 0.6) is 0 Å². The Morgan fingerprint density at radius 2 is 2.10 bits per heavy atom. The lowest BCUT2D eigenvalue weighted by molar-refractivity contribution is -0.134. The summed E-state index contributed by atoms with van der Waals surface area (Å²) >= 11 is 1.51. The van der Waals surface area contributed by atoms with Gasteiger partial charge in [0.1, 0.15) is 11.1 Å². The molecule has 1 aromatic rings. The van der Waals surface area contributed by atoms with Gasteiger partial charge in [0.2, 0.25) is 5.91 Å². The molecule has 0 aromatic carbocycles. The average Bonchev–Trinajstić information content (AvgIpc) is 3.02. The molecule has 1 aromatic heterocycles. The van der Waals surface area contributed by atoms with Gasteiger partial charge in [-0.05, 0) is 51.3 Å². The van der Waals surface area contributed by atoms with Gasteiger partial charge in [-0.2, -0.15) is 5.26 Å². The molecule has 3 atom stereocenters. The van der Waals surface area contributed by atoms with Crippen molar-refractivity contribution >= 4 is 28.3 Å². The molecule has 9 heteroatoms. The topological polar surface area (TPSA) is 114 Å². The number of nitrogens with two attached hydrogens (primary N) is 1. The number of hydrogen-bond acceptors (Lipinski definition) is 7.